The van der Waals surface area contributed by atoms with Gasteiger partial charge < -0.3 is 19.7 Å². The second kappa shape index (κ2) is 8.94. The number of benzene rings is 2. The first-order valence-corrected chi connectivity index (χ1v) is 12.2. The number of carbonyl (C=O) groups is 1. The molecule has 2 heterocycles. The smallest absolute Gasteiger partial charge is 0.263 e. The summed E-state index contributed by atoms with van der Waals surface area (Å²) < 4.78 is 36.8. The summed E-state index contributed by atoms with van der Waals surface area (Å²) in [5.41, 5.74) is 2.39. The van der Waals surface area contributed by atoms with Gasteiger partial charge in [-0.1, -0.05) is 23.7 Å². The third kappa shape index (κ3) is 5.06. The molecule has 0 spiro atoms. The molecule has 1 saturated heterocycles. The number of carbonyl (C=O) groups excluding carboxylic acids is 1. The standard InChI is InChI=1S/C21H24ClN3O5S/c1-31(27,28)25-14-20(30-19-7-4-16(22)12-18(19)25)21(26)23-13-15-2-5-17(6-3-15)24-8-10-29-11-9-24/h2-7,12,20H,8-11,13-14H2,1H3,(H,23,26)/t20-/m1/s1. The van der Waals surface area contributed by atoms with Gasteiger partial charge in [0.05, 0.1) is 31.7 Å². The molecular weight excluding hydrogens is 442 g/mol. The van der Waals surface area contributed by atoms with Gasteiger partial charge in [-0.3, -0.25) is 9.10 Å². The Balaban J connectivity index is 1.41. The van der Waals surface area contributed by atoms with Crippen LogP contribution in [0.1, 0.15) is 5.56 Å². The van der Waals surface area contributed by atoms with E-state index in [0.717, 1.165) is 48.1 Å². The van der Waals surface area contributed by atoms with Crippen molar-refractivity contribution in [3.8, 4) is 5.75 Å². The normalized spacial score (nSPS) is 18.8. The van der Waals surface area contributed by atoms with E-state index in [1.807, 2.05) is 24.3 Å². The Morgan fingerprint density at radius 3 is 2.55 bits per heavy atom. The van der Waals surface area contributed by atoms with E-state index >= 15 is 0 Å². The van der Waals surface area contributed by atoms with Gasteiger partial charge in [-0.15, -0.1) is 0 Å². The summed E-state index contributed by atoms with van der Waals surface area (Å²) in [7, 11) is -3.60. The van der Waals surface area contributed by atoms with Crippen LogP contribution in [0.25, 0.3) is 0 Å². The fourth-order valence-electron chi connectivity index (χ4n) is 3.62. The highest BCUT2D eigenvalue weighted by atomic mass is 35.5. The Morgan fingerprint density at radius 2 is 1.87 bits per heavy atom. The van der Waals surface area contributed by atoms with Crippen LogP contribution >= 0.6 is 11.6 Å². The SMILES string of the molecule is CS(=O)(=O)N1C[C@H](C(=O)NCc2ccc(N3CCOCC3)cc2)Oc2ccc(Cl)cc21. The van der Waals surface area contributed by atoms with Crippen molar-refractivity contribution >= 4 is 38.9 Å². The van der Waals surface area contributed by atoms with Gasteiger partial charge in [-0.25, -0.2) is 8.42 Å². The van der Waals surface area contributed by atoms with Gasteiger partial charge in [0.15, 0.2) is 6.10 Å². The number of anilines is 2. The predicted molar refractivity (Wildman–Crippen MR) is 119 cm³/mol. The maximum Gasteiger partial charge on any atom is 0.263 e. The number of morpholine rings is 1. The number of nitrogens with one attached hydrogen (secondary N) is 1. The minimum atomic E-state index is -3.60. The molecule has 0 radical (unpaired) electrons. The molecule has 0 unspecified atom stereocenters. The van der Waals surface area contributed by atoms with Crippen molar-refractivity contribution in [2.75, 3.05) is 48.3 Å². The summed E-state index contributed by atoms with van der Waals surface area (Å²) in [4.78, 5) is 15.0. The highest BCUT2D eigenvalue weighted by Crippen LogP contribution is 2.37. The molecule has 2 aliphatic heterocycles. The average molecular weight is 466 g/mol. The number of sulfonamides is 1. The number of hydrogen-bond donors (Lipinski definition) is 1. The van der Waals surface area contributed by atoms with Gasteiger partial charge in [0.2, 0.25) is 10.0 Å². The molecule has 0 bridgehead atoms. The first-order chi connectivity index (χ1) is 14.8. The van der Waals surface area contributed by atoms with Gasteiger partial charge in [0.25, 0.3) is 5.91 Å². The van der Waals surface area contributed by atoms with E-state index in [4.69, 9.17) is 21.1 Å². The summed E-state index contributed by atoms with van der Waals surface area (Å²) >= 11 is 6.00. The van der Waals surface area contributed by atoms with Gasteiger partial charge in [0, 0.05) is 30.3 Å². The van der Waals surface area contributed by atoms with E-state index in [9.17, 15) is 13.2 Å². The molecule has 1 amide bonds. The van der Waals surface area contributed by atoms with E-state index < -0.39 is 16.1 Å². The summed E-state index contributed by atoms with van der Waals surface area (Å²) in [6.07, 6.45) is 0.129. The summed E-state index contributed by atoms with van der Waals surface area (Å²) in [5.74, 6) is -0.0809. The minimum Gasteiger partial charge on any atom is -0.476 e. The predicted octanol–water partition coefficient (Wildman–Crippen LogP) is 2.02. The van der Waals surface area contributed by atoms with Crippen molar-refractivity contribution in [1.29, 1.82) is 0 Å². The van der Waals surface area contributed by atoms with E-state index in [1.54, 1.807) is 12.1 Å². The molecule has 166 valence electrons. The number of hydrogen-bond acceptors (Lipinski definition) is 6. The van der Waals surface area contributed by atoms with Gasteiger partial charge >= 0.3 is 0 Å². The first-order valence-electron chi connectivity index (χ1n) is 9.94. The molecule has 10 heteroatoms. The highest BCUT2D eigenvalue weighted by Gasteiger charge is 2.35. The fraction of sp³-hybridized carbons (Fsp3) is 0.381. The largest absolute Gasteiger partial charge is 0.476 e. The number of nitrogens with zero attached hydrogens (tertiary/aromatic N) is 2. The fourth-order valence-corrected chi connectivity index (χ4v) is 4.70. The van der Waals surface area contributed by atoms with Crippen LogP contribution in [0.3, 0.4) is 0 Å². The first kappa shape index (κ1) is 21.7. The van der Waals surface area contributed by atoms with Crippen molar-refractivity contribution in [1.82, 2.24) is 5.32 Å². The number of fused-ring (bicyclic) bond motifs is 1. The van der Waals surface area contributed by atoms with Crippen LogP contribution in [-0.4, -0.2) is 59.5 Å². The monoisotopic (exact) mass is 465 g/mol. The van der Waals surface area contributed by atoms with Crippen LogP contribution in [0.15, 0.2) is 42.5 Å². The lowest BCUT2D eigenvalue weighted by Crippen LogP contribution is -2.50. The lowest BCUT2D eigenvalue weighted by Gasteiger charge is -2.34. The molecule has 0 saturated carbocycles. The summed E-state index contributed by atoms with van der Waals surface area (Å²) in [6.45, 7) is 3.36. The van der Waals surface area contributed by atoms with Crippen molar-refractivity contribution in [2.24, 2.45) is 0 Å². The molecule has 1 atom stereocenters. The molecule has 8 nitrogen and oxygen atoms in total. The molecule has 2 aromatic carbocycles. The Hall–Kier alpha value is -2.49. The average Bonchev–Trinajstić information content (AvgIpc) is 2.77. The lowest BCUT2D eigenvalue weighted by atomic mass is 10.1. The molecule has 1 N–H and O–H groups in total. The molecular formula is C21H24ClN3O5S. The van der Waals surface area contributed by atoms with Crippen LogP contribution in [0.2, 0.25) is 5.02 Å². The molecule has 2 aromatic rings. The zero-order chi connectivity index (χ0) is 22.0. The third-order valence-corrected chi connectivity index (χ3v) is 6.64. The molecule has 1 fully saturated rings. The van der Waals surface area contributed by atoms with E-state index in [2.05, 4.69) is 10.2 Å². The number of ether oxygens (including phenoxy) is 2. The maximum atomic E-state index is 12.7. The summed E-state index contributed by atoms with van der Waals surface area (Å²) in [6, 6.07) is 12.7. The third-order valence-electron chi connectivity index (χ3n) is 5.26. The second-order valence-corrected chi connectivity index (χ2v) is 9.84. The van der Waals surface area contributed by atoms with E-state index in [-0.39, 0.29) is 12.5 Å². The van der Waals surface area contributed by atoms with Gasteiger partial charge in [0.1, 0.15) is 5.75 Å². The van der Waals surface area contributed by atoms with Crippen molar-refractivity contribution in [3.63, 3.8) is 0 Å². The van der Waals surface area contributed by atoms with E-state index in [1.165, 1.54) is 6.07 Å². The quantitative estimate of drug-likeness (QED) is 0.726. The highest BCUT2D eigenvalue weighted by molar-refractivity contribution is 7.92. The lowest BCUT2D eigenvalue weighted by molar-refractivity contribution is -0.127. The van der Waals surface area contributed by atoms with Crippen molar-refractivity contribution < 1.29 is 22.7 Å². The zero-order valence-corrected chi connectivity index (χ0v) is 18.7. The Bertz CT molecular complexity index is 1060. The second-order valence-electron chi connectivity index (χ2n) is 7.50. The number of halogens is 1. The Morgan fingerprint density at radius 1 is 1.16 bits per heavy atom. The molecule has 2 aliphatic rings. The Kier molecular flexibility index (Phi) is 6.27. The van der Waals surface area contributed by atoms with Crippen LogP contribution < -0.4 is 19.3 Å². The van der Waals surface area contributed by atoms with E-state index in [0.29, 0.717) is 23.0 Å². The van der Waals surface area contributed by atoms with Gasteiger partial charge in [-0.2, -0.15) is 0 Å². The van der Waals surface area contributed by atoms with Crippen LogP contribution in [-0.2, 0) is 26.1 Å². The molecule has 4 rings (SSSR count). The van der Waals surface area contributed by atoms with Crippen LogP contribution in [0, 0.1) is 0 Å². The van der Waals surface area contributed by atoms with Crippen molar-refractivity contribution in [2.45, 2.75) is 12.6 Å². The number of amides is 1. The maximum absolute atomic E-state index is 12.7. The topological polar surface area (TPSA) is 88.2 Å². The summed E-state index contributed by atoms with van der Waals surface area (Å²) in [5, 5.41) is 3.23. The van der Waals surface area contributed by atoms with Crippen LogP contribution in [0.4, 0.5) is 11.4 Å². The Labute approximate surface area is 186 Å². The zero-order valence-electron chi connectivity index (χ0n) is 17.1. The molecule has 0 aromatic heterocycles. The number of rotatable bonds is 5. The van der Waals surface area contributed by atoms with Gasteiger partial charge in [-0.05, 0) is 35.9 Å². The molecule has 0 aliphatic carbocycles. The minimum absolute atomic E-state index is 0.117. The van der Waals surface area contributed by atoms with Crippen molar-refractivity contribution in [3.05, 3.63) is 53.1 Å². The molecule has 31 heavy (non-hydrogen) atoms. The van der Waals surface area contributed by atoms with Crippen LogP contribution in [0.5, 0.6) is 5.75 Å².